The number of hydrogen-bond acceptors (Lipinski definition) is 2. The summed E-state index contributed by atoms with van der Waals surface area (Å²) in [7, 11) is 0. The molecule has 1 unspecified atom stereocenters. The van der Waals surface area contributed by atoms with E-state index in [2.05, 4.69) is 21.2 Å². The Morgan fingerprint density at radius 3 is 2.94 bits per heavy atom. The van der Waals surface area contributed by atoms with Gasteiger partial charge < -0.3 is 10.4 Å². The summed E-state index contributed by atoms with van der Waals surface area (Å²) in [5.41, 5.74) is 0.865. The molecule has 2 nitrogen and oxygen atoms in total. The highest BCUT2D eigenvalue weighted by Crippen LogP contribution is 2.19. The van der Waals surface area contributed by atoms with Gasteiger partial charge in [0.25, 0.3) is 0 Å². The molecule has 1 aromatic rings. The molecule has 0 saturated carbocycles. The summed E-state index contributed by atoms with van der Waals surface area (Å²) < 4.78 is 13.7. The van der Waals surface area contributed by atoms with E-state index in [1.165, 1.54) is 6.07 Å². The molecular formula is C12H17BrFNO. The second kappa shape index (κ2) is 6.99. The van der Waals surface area contributed by atoms with Gasteiger partial charge in [-0.2, -0.15) is 0 Å². The quantitative estimate of drug-likeness (QED) is 0.844. The fourth-order valence-corrected chi connectivity index (χ4v) is 1.90. The van der Waals surface area contributed by atoms with Gasteiger partial charge in [0.1, 0.15) is 5.82 Å². The maximum Gasteiger partial charge on any atom is 0.137 e. The molecule has 0 amide bonds. The number of rotatable bonds is 6. The predicted octanol–water partition coefficient (Wildman–Crippen LogP) is 2.84. The molecule has 0 bridgehead atoms. The maximum atomic E-state index is 13.2. The van der Waals surface area contributed by atoms with Crippen molar-refractivity contribution in [1.82, 2.24) is 5.32 Å². The predicted molar refractivity (Wildman–Crippen MR) is 66.7 cm³/mol. The normalized spacial score (nSPS) is 12.8. The van der Waals surface area contributed by atoms with Gasteiger partial charge in [0.05, 0.1) is 10.6 Å². The minimum atomic E-state index is -0.322. The highest BCUT2D eigenvalue weighted by Gasteiger charge is 2.06. The SMILES string of the molecule is CCCC(O)CNCc1cccc(F)c1Br. The first-order valence-corrected chi connectivity index (χ1v) is 6.26. The number of aliphatic hydroxyl groups excluding tert-OH is 1. The lowest BCUT2D eigenvalue weighted by atomic mass is 10.2. The van der Waals surface area contributed by atoms with Crippen molar-refractivity contribution in [1.29, 1.82) is 0 Å². The van der Waals surface area contributed by atoms with Gasteiger partial charge in [-0.1, -0.05) is 25.5 Å². The maximum absolute atomic E-state index is 13.2. The molecular weight excluding hydrogens is 273 g/mol. The summed E-state index contributed by atoms with van der Waals surface area (Å²) in [4.78, 5) is 0. The lowest BCUT2D eigenvalue weighted by Crippen LogP contribution is -2.26. The minimum Gasteiger partial charge on any atom is -0.392 e. The van der Waals surface area contributed by atoms with Crippen molar-refractivity contribution >= 4 is 15.9 Å². The topological polar surface area (TPSA) is 32.3 Å². The van der Waals surface area contributed by atoms with Crippen molar-refractivity contribution in [2.24, 2.45) is 0 Å². The number of benzene rings is 1. The Balaban J connectivity index is 2.40. The number of nitrogens with one attached hydrogen (secondary N) is 1. The number of halogens is 2. The third kappa shape index (κ3) is 4.20. The summed E-state index contributed by atoms with van der Waals surface area (Å²) >= 11 is 3.20. The van der Waals surface area contributed by atoms with Crippen LogP contribution in [0.3, 0.4) is 0 Å². The Kier molecular flexibility index (Phi) is 5.95. The Hall–Kier alpha value is -0.450. The molecule has 0 aromatic heterocycles. The molecule has 0 fully saturated rings. The Morgan fingerprint density at radius 2 is 2.25 bits per heavy atom. The van der Waals surface area contributed by atoms with Crippen molar-refractivity contribution in [2.45, 2.75) is 32.4 Å². The van der Waals surface area contributed by atoms with Crippen LogP contribution in [0.4, 0.5) is 4.39 Å². The van der Waals surface area contributed by atoms with Gasteiger partial charge in [-0.15, -0.1) is 0 Å². The van der Waals surface area contributed by atoms with E-state index in [4.69, 9.17) is 0 Å². The van der Waals surface area contributed by atoms with Crippen LogP contribution >= 0.6 is 15.9 Å². The van der Waals surface area contributed by atoms with Crippen LogP contribution in [0.25, 0.3) is 0 Å². The molecule has 0 spiro atoms. The first kappa shape index (κ1) is 13.6. The van der Waals surface area contributed by atoms with Crippen LogP contribution in [0.1, 0.15) is 25.3 Å². The van der Waals surface area contributed by atoms with Gasteiger partial charge in [0.2, 0.25) is 0 Å². The standard InChI is InChI=1S/C12H17BrFNO/c1-2-4-10(16)8-15-7-9-5-3-6-11(14)12(9)13/h3,5-6,10,15-16H,2,4,7-8H2,1H3. The molecule has 90 valence electrons. The van der Waals surface area contributed by atoms with Crippen LogP contribution in [0.15, 0.2) is 22.7 Å². The fraction of sp³-hybridized carbons (Fsp3) is 0.500. The fourth-order valence-electron chi connectivity index (χ4n) is 1.49. The first-order chi connectivity index (χ1) is 7.65. The van der Waals surface area contributed by atoms with Crippen molar-refractivity contribution in [3.63, 3.8) is 0 Å². The minimum absolute atomic E-state index is 0.256. The Bertz CT molecular complexity index is 333. The van der Waals surface area contributed by atoms with Crippen LogP contribution in [0.2, 0.25) is 0 Å². The van der Waals surface area contributed by atoms with Crippen LogP contribution in [0.5, 0.6) is 0 Å². The summed E-state index contributed by atoms with van der Waals surface area (Å²) in [5.74, 6) is -0.256. The summed E-state index contributed by atoms with van der Waals surface area (Å²) in [6.07, 6.45) is 1.43. The smallest absolute Gasteiger partial charge is 0.137 e. The van der Waals surface area contributed by atoms with Gasteiger partial charge in [-0.3, -0.25) is 0 Å². The van der Waals surface area contributed by atoms with Gasteiger partial charge in [0.15, 0.2) is 0 Å². The summed E-state index contributed by atoms with van der Waals surface area (Å²) in [5, 5.41) is 12.6. The largest absolute Gasteiger partial charge is 0.392 e. The van der Waals surface area contributed by atoms with E-state index in [-0.39, 0.29) is 11.9 Å². The Labute approximate surface area is 104 Å². The number of aliphatic hydroxyl groups is 1. The van der Waals surface area contributed by atoms with Gasteiger partial charge >= 0.3 is 0 Å². The first-order valence-electron chi connectivity index (χ1n) is 5.46. The molecule has 1 aromatic carbocycles. The molecule has 0 aliphatic carbocycles. The third-order valence-corrected chi connectivity index (χ3v) is 3.24. The molecule has 0 saturated heterocycles. The van der Waals surface area contributed by atoms with Crippen molar-refractivity contribution in [3.05, 3.63) is 34.1 Å². The molecule has 1 atom stereocenters. The third-order valence-electron chi connectivity index (χ3n) is 2.35. The molecule has 2 N–H and O–H groups in total. The molecule has 1 rings (SSSR count). The zero-order valence-electron chi connectivity index (χ0n) is 9.34. The van der Waals surface area contributed by atoms with E-state index in [1.807, 2.05) is 13.0 Å². The van der Waals surface area contributed by atoms with Gasteiger partial charge in [-0.05, 0) is 34.0 Å². The average Bonchev–Trinajstić information content (AvgIpc) is 2.25. The van der Waals surface area contributed by atoms with Crippen LogP contribution in [-0.4, -0.2) is 17.8 Å². The molecule has 0 aliphatic heterocycles. The second-order valence-corrected chi connectivity index (χ2v) is 4.58. The highest BCUT2D eigenvalue weighted by molar-refractivity contribution is 9.10. The Morgan fingerprint density at radius 1 is 1.50 bits per heavy atom. The van der Waals surface area contributed by atoms with Crippen molar-refractivity contribution in [3.8, 4) is 0 Å². The molecule has 0 radical (unpaired) electrons. The zero-order valence-corrected chi connectivity index (χ0v) is 10.9. The highest BCUT2D eigenvalue weighted by atomic mass is 79.9. The van der Waals surface area contributed by atoms with E-state index in [9.17, 15) is 9.50 Å². The van der Waals surface area contributed by atoms with Crippen LogP contribution in [0, 0.1) is 5.82 Å². The van der Waals surface area contributed by atoms with Crippen LogP contribution < -0.4 is 5.32 Å². The van der Waals surface area contributed by atoms with Crippen molar-refractivity contribution in [2.75, 3.05) is 6.54 Å². The van der Waals surface area contributed by atoms with E-state index in [0.717, 1.165) is 18.4 Å². The van der Waals surface area contributed by atoms with E-state index in [0.29, 0.717) is 17.6 Å². The van der Waals surface area contributed by atoms with E-state index < -0.39 is 0 Å². The van der Waals surface area contributed by atoms with E-state index in [1.54, 1.807) is 6.07 Å². The molecule has 4 heteroatoms. The van der Waals surface area contributed by atoms with Gasteiger partial charge in [-0.25, -0.2) is 4.39 Å². The number of hydrogen-bond donors (Lipinski definition) is 2. The van der Waals surface area contributed by atoms with Gasteiger partial charge in [0, 0.05) is 13.1 Å². The average molecular weight is 290 g/mol. The van der Waals surface area contributed by atoms with Crippen LogP contribution in [-0.2, 0) is 6.54 Å². The summed E-state index contributed by atoms with van der Waals surface area (Å²) in [6.45, 7) is 3.13. The monoisotopic (exact) mass is 289 g/mol. The zero-order chi connectivity index (χ0) is 12.0. The van der Waals surface area contributed by atoms with Crippen molar-refractivity contribution < 1.29 is 9.50 Å². The lowest BCUT2D eigenvalue weighted by molar-refractivity contribution is 0.160. The van der Waals surface area contributed by atoms with E-state index >= 15 is 0 Å². The molecule has 16 heavy (non-hydrogen) atoms. The lowest BCUT2D eigenvalue weighted by Gasteiger charge is -2.11. The summed E-state index contributed by atoms with van der Waals surface area (Å²) in [6, 6.07) is 4.95. The molecule has 0 aliphatic rings. The molecule has 0 heterocycles. The second-order valence-electron chi connectivity index (χ2n) is 3.79.